The van der Waals surface area contributed by atoms with Crippen LogP contribution in [0.4, 0.5) is 0 Å². The van der Waals surface area contributed by atoms with E-state index in [-0.39, 0.29) is 17.7 Å². The van der Waals surface area contributed by atoms with Crippen LogP contribution in [0.5, 0.6) is 0 Å². The Morgan fingerprint density at radius 3 is 2.29 bits per heavy atom. The van der Waals surface area contributed by atoms with Crippen molar-refractivity contribution in [2.75, 3.05) is 34.7 Å². The monoisotopic (exact) mass is 468 g/mol. The lowest BCUT2D eigenvalue weighted by atomic mass is 9.86. The van der Waals surface area contributed by atoms with E-state index in [1.165, 1.54) is 4.90 Å². The van der Waals surface area contributed by atoms with Crippen LogP contribution in [-0.2, 0) is 17.9 Å². The fourth-order valence-corrected chi connectivity index (χ4v) is 4.16. The molecule has 9 heteroatoms. The predicted octanol–water partition coefficient (Wildman–Crippen LogP) is 1.98. The Morgan fingerprint density at radius 2 is 1.74 bits per heavy atom. The average molecular weight is 469 g/mol. The minimum Gasteiger partial charge on any atom is -0.357 e. The van der Waals surface area contributed by atoms with Crippen molar-refractivity contribution in [2.45, 2.75) is 46.3 Å². The van der Waals surface area contributed by atoms with Gasteiger partial charge in [0.15, 0.2) is 5.69 Å². The van der Waals surface area contributed by atoms with Crippen LogP contribution in [0.25, 0.3) is 11.4 Å². The number of carbonyl (C=O) groups is 3. The lowest BCUT2D eigenvalue weighted by Gasteiger charge is -2.29. The van der Waals surface area contributed by atoms with Crippen molar-refractivity contribution in [1.29, 1.82) is 0 Å². The lowest BCUT2D eigenvalue weighted by molar-refractivity contribution is -0.124. The van der Waals surface area contributed by atoms with Crippen LogP contribution in [0.2, 0.25) is 0 Å². The molecule has 0 bridgehead atoms. The van der Waals surface area contributed by atoms with Crippen molar-refractivity contribution in [3.05, 3.63) is 41.2 Å². The van der Waals surface area contributed by atoms with Crippen molar-refractivity contribution < 1.29 is 14.4 Å². The molecule has 0 saturated heterocycles. The van der Waals surface area contributed by atoms with E-state index in [0.29, 0.717) is 23.6 Å². The highest BCUT2D eigenvalue weighted by Crippen LogP contribution is 2.27. The van der Waals surface area contributed by atoms with Gasteiger partial charge in [-0.3, -0.25) is 14.4 Å². The van der Waals surface area contributed by atoms with Gasteiger partial charge >= 0.3 is 0 Å². The fraction of sp³-hybridized carbons (Fsp3) is 0.520. The molecule has 34 heavy (non-hydrogen) atoms. The second-order valence-electron chi connectivity index (χ2n) is 10.1. The molecule has 2 aromatic rings. The molecule has 1 aliphatic heterocycles. The Morgan fingerprint density at radius 1 is 1.09 bits per heavy atom. The zero-order valence-corrected chi connectivity index (χ0v) is 21.2. The third-order valence-corrected chi connectivity index (χ3v) is 6.08. The summed E-state index contributed by atoms with van der Waals surface area (Å²) < 4.78 is 2.09. The number of aromatic nitrogens is 2. The maximum absolute atomic E-state index is 13.4. The van der Waals surface area contributed by atoms with Gasteiger partial charge in [-0.05, 0) is 37.6 Å². The Bertz CT molecular complexity index is 1070. The number of benzene rings is 1. The normalized spacial score (nSPS) is 15.1. The summed E-state index contributed by atoms with van der Waals surface area (Å²) in [6, 6.07) is 6.59. The third kappa shape index (κ3) is 5.30. The molecule has 0 aliphatic carbocycles. The van der Waals surface area contributed by atoms with Crippen molar-refractivity contribution in [3.63, 3.8) is 0 Å². The number of carbonyl (C=O) groups excluding carboxylic acids is 3. The first-order valence-corrected chi connectivity index (χ1v) is 11.6. The molecule has 2 heterocycles. The highest BCUT2D eigenvalue weighted by molar-refractivity contribution is 5.98. The Labute approximate surface area is 201 Å². The molecule has 1 aromatic carbocycles. The van der Waals surface area contributed by atoms with E-state index in [0.717, 1.165) is 30.8 Å². The first kappa shape index (κ1) is 25.4. The van der Waals surface area contributed by atoms with Gasteiger partial charge in [-0.1, -0.05) is 32.9 Å². The van der Waals surface area contributed by atoms with Gasteiger partial charge in [0.1, 0.15) is 11.9 Å². The van der Waals surface area contributed by atoms with E-state index >= 15 is 0 Å². The molecule has 9 nitrogen and oxygen atoms in total. The van der Waals surface area contributed by atoms with E-state index in [1.54, 1.807) is 33.3 Å². The number of amides is 3. The number of hydrogen-bond acceptors (Lipinski definition) is 5. The Kier molecular flexibility index (Phi) is 7.45. The SMILES string of the molecule is CNC(=O)C(NC(=O)c1nc(-c2ccc(C(=O)N(C)C)cc2)n2c1CN(C)CCC2)C(C)(C)C. The number of rotatable bonds is 5. The van der Waals surface area contributed by atoms with Gasteiger partial charge < -0.3 is 25.0 Å². The topological polar surface area (TPSA) is 99.6 Å². The van der Waals surface area contributed by atoms with Crippen LogP contribution in [0.1, 0.15) is 53.7 Å². The number of hydrogen-bond donors (Lipinski definition) is 2. The summed E-state index contributed by atoms with van der Waals surface area (Å²) in [4.78, 5) is 46.7. The molecule has 2 N–H and O–H groups in total. The average Bonchev–Trinajstić information content (AvgIpc) is 3.01. The van der Waals surface area contributed by atoms with Crippen LogP contribution in [0.15, 0.2) is 24.3 Å². The summed E-state index contributed by atoms with van der Waals surface area (Å²) in [6.45, 7) is 7.95. The first-order valence-electron chi connectivity index (χ1n) is 11.6. The molecule has 0 radical (unpaired) electrons. The molecule has 0 saturated carbocycles. The predicted molar refractivity (Wildman–Crippen MR) is 131 cm³/mol. The van der Waals surface area contributed by atoms with Crippen LogP contribution in [0.3, 0.4) is 0 Å². The summed E-state index contributed by atoms with van der Waals surface area (Å²) in [5.74, 6) is 0.00188. The molecule has 3 amide bonds. The van der Waals surface area contributed by atoms with Gasteiger partial charge in [0.2, 0.25) is 5.91 Å². The van der Waals surface area contributed by atoms with Crippen molar-refractivity contribution in [1.82, 2.24) is 30.0 Å². The zero-order chi connectivity index (χ0) is 25.2. The lowest BCUT2D eigenvalue weighted by Crippen LogP contribution is -2.53. The van der Waals surface area contributed by atoms with Crippen molar-refractivity contribution >= 4 is 17.7 Å². The molecule has 3 rings (SSSR count). The van der Waals surface area contributed by atoms with E-state index in [9.17, 15) is 14.4 Å². The minimum atomic E-state index is -0.703. The molecule has 184 valence electrons. The summed E-state index contributed by atoms with van der Waals surface area (Å²) >= 11 is 0. The van der Waals surface area contributed by atoms with E-state index < -0.39 is 11.5 Å². The van der Waals surface area contributed by atoms with Gasteiger partial charge in [-0.15, -0.1) is 0 Å². The smallest absolute Gasteiger partial charge is 0.272 e. The number of likely N-dealkylation sites (N-methyl/N-ethyl adjacent to an activating group) is 1. The number of nitrogens with one attached hydrogen (secondary N) is 2. The van der Waals surface area contributed by atoms with Gasteiger partial charge in [0, 0.05) is 45.4 Å². The quantitative estimate of drug-likeness (QED) is 0.699. The van der Waals surface area contributed by atoms with Crippen molar-refractivity contribution in [2.24, 2.45) is 5.41 Å². The Hall–Kier alpha value is -3.20. The number of fused-ring (bicyclic) bond motifs is 1. The molecule has 1 atom stereocenters. The van der Waals surface area contributed by atoms with Crippen LogP contribution >= 0.6 is 0 Å². The van der Waals surface area contributed by atoms with Crippen LogP contribution in [0, 0.1) is 5.41 Å². The third-order valence-electron chi connectivity index (χ3n) is 6.08. The Balaban J connectivity index is 2.03. The molecular weight excluding hydrogens is 432 g/mol. The maximum Gasteiger partial charge on any atom is 0.272 e. The van der Waals surface area contributed by atoms with Crippen LogP contribution < -0.4 is 10.6 Å². The molecule has 0 spiro atoms. The summed E-state index contributed by atoms with van der Waals surface area (Å²) in [5.41, 5.74) is 2.10. The molecule has 1 aliphatic rings. The maximum atomic E-state index is 13.4. The van der Waals surface area contributed by atoms with Crippen LogP contribution in [-0.4, -0.2) is 77.8 Å². The van der Waals surface area contributed by atoms with Gasteiger partial charge in [-0.2, -0.15) is 0 Å². The zero-order valence-electron chi connectivity index (χ0n) is 21.2. The van der Waals surface area contributed by atoms with E-state index in [2.05, 4.69) is 20.1 Å². The molecule has 0 fully saturated rings. The number of imidazole rings is 1. The summed E-state index contributed by atoms with van der Waals surface area (Å²) in [7, 11) is 7.02. The van der Waals surface area contributed by atoms with Gasteiger partial charge in [0.25, 0.3) is 11.8 Å². The number of nitrogens with zero attached hydrogens (tertiary/aromatic N) is 4. The molecular formula is C25H36N6O3. The second-order valence-corrected chi connectivity index (χ2v) is 10.1. The van der Waals surface area contributed by atoms with Gasteiger partial charge in [-0.25, -0.2) is 4.98 Å². The second kappa shape index (κ2) is 9.97. The van der Waals surface area contributed by atoms with E-state index in [4.69, 9.17) is 4.98 Å². The fourth-order valence-electron chi connectivity index (χ4n) is 4.16. The highest BCUT2D eigenvalue weighted by atomic mass is 16.2. The van der Waals surface area contributed by atoms with E-state index in [1.807, 2.05) is 40.0 Å². The standard InChI is InChI=1S/C25H36N6O3/c1-25(2,3)20(23(33)26-4)28-22(32)19-18-15-30(7)13-8-14-31(18)21(27-19)16-9-11-17(12-10-16)24(34)29(5)6/h9-12,20H,8,13-15H2,1-7H3,(H,26,33)(H,28,32). The highest BCUT2D eigenvalue weighted by Gasteiger charge is 2.34. The van der Waals surface area contributed by atoms with Gasteiger partial charge in [0.05, 0.1) is 5.69 Å². The summed E-state index contributed by atoms with van der Waals surface area (Å²) in [5, 5.41) is 5.56. The largest absolute Gasteiger partial charge is 0.357 e. The minimum absolute atomic E-state index is 0.0717. The van der Waals surface area contributed by atoms with Crippen molar-refractivity contribution in [3.8, 4) is 11.4 Å². The molecule has 1 aromatic heterocycles. The summed E-state index contributed by atoms with van der Waals surface area (Å²) in [6.07, 6.45) is 0.925. The first-order chi connectivity index (χ1) is 15.9. The molecule has 1 unspecified atom stereocenters.